The summed E-state index contributed by atoms with van der Waals surface area (Å²) in [6.45, 7) is 18.9. The van der Waals surface area contributed by atoms with E-state index in [0.29, 0.717) is 6.42 Å². The third-order valence-corrected chi connectivity index (χ3v) is 5.28. The molecule has 3 aliphatic rings. The zero-order valence-corrected chi connectivity index (χ0v) is 22.2. The van der Waals surface area contributed by atoms with E-state index in [2.05, 4.69) is 14.7 Å². The number of nitrogens with zero attached hydrogens (tertiary/aromatic N) is 3. The van der Waals surface area contributed by atoms with Crippen molar-refractivity contribution in [2.45, 2.75) is 59.7 Å². The molecule has 3 saturated heterocycles. The molecule has 11 heteroatoms. The average Bonchev–Trinajstić information content (AvgIpc) is 3.53. The molecule has 4 unspecified atom stereocenters. The molecule has 0 aliphatic carbocycles. The van der Waals surface area contributed by atoms with Gasteiger partial charge in [0.25, 0.3) is 0 Å². The highest BCUT2D eigenvalue weighted by molar-refractivity contribution is 5.70. The molecule has 206 valence electrons. The van der Waals surface area contributed by atoms with Gasteiger partial charge < -0.3 is 25.5 Å². The molecule has 5 N–H and O–H groups in total. The molecule has 0 bridgehead atoms. The van der Waals surface area contributed by atoms with Gasteiger partial charge >= 0.3 is 17.9 Å². The summed E-state index contributed by atoms with van der Waals surface area (Å²) in [6.07, 6.45) is 0.0301. The summed E-state index contributed by atoms with van der Waals surface area (Å²) in [4.78, 5) is 37.0. The highest BCUT2D eigenvalue weighted by atomic mass is 16.4. The smallest absolute Gasteiger partial charge is 0.307 e. The van der Waals surface area contributed by atoms with Crippen LogP contribution >= 0.6 is 0 Å². The average molecular weight is 506 g/mol. The van der Waals surface area contributed by atoms with Gasteiger partial charge in [-0.2, -0.15) is 0 Å². The van der Waals surface area contributed by atoms with E-state index in [9.17, 15) is 14.4 Å². The molecule has 0 amide bonds. The van der Waals surface area contributed by atoms with Crippen LogP contribution < -0.4 is 0 Å². The maximum absolute atomic E-state index is 10.2. The third kappa shape index (κ3) is 22.4. The van der Waals surface area contributed by atoms with E-state index in [0.717, 1.165) is 58.9 Å². The Morgan fingerprint density at radius 3 is 0.971 bits per heavy atom. The summed E-state index contributed by atoms with van der Waals surface area (Å²) in [7, 11) is 0. The molecule has 0 aromatic heterocycles. The normalized spacial score (nSPS) is 20.2. The SMILES string of the molecule is CC(CN1CC1)C(=O)O.CC(CN1CC1)C(=O)O.CC(CN1CC1)C(=O)O.CC(O)CC(C)(C)O. The first-order valence-electron chi connectivity index (χ1n) is 12.3. The van der Waals surface area contributed by atoms with Crippen LogP contribution in [-0.2, 0) is 14.4 Å². The standard InChI is InChI=1S/3C6H11NO2.C6H14O2/c3*1-5(6(8)9)4-7-2-3-7;1-5(7)4-6(2,3)8/h3*5H,2-4H2,1H3,(H,8,9);5,7-8H,4H2,1-3H3. The minimum absolute atomic E-state index is 0.201. The number of hydrogen-bond acceptors (Lipinski definition) is 8. The van der Waals surface area contributed by atoms with Crippen LogP contribution in [0.2, 0.25) is 0 Å². The lowest BCUT2D eigenvalue weighted by Crippen LogP contribution is -2.24. The van der Waals surface area contributed by atoms with E-state index < -0.39 is 29.6 Å². The van der Waals surface area contributed by atoms with E-state index in [1.165, 1.54) is 0 Å². The molecule has 0 aromatic rings. The first-order valence-corrected chi connectivity index (χ1v) is 12.3. The van der Waals surface area contributed by atoms with E-state index in [1.807, 2.05) is 0 Å². The zero-order valence-electron chi connectivity index (χ0n) is 22.2. The van der Waals surface area contributed by atoms with Gasteiger partial charge in [-0.3, -0.25) is 29.1 Å². The topological polar surface area (TPSA) is 161 Å². The number of aliphatic hydroxyl groups is 2. The summed E-state index contributed by atoms with van der Waals surface area (Å²) in [5, 5.41) is 43.1. The number of carboxylic acid groups (broad SMARTS) is 3. The molecule has 0 radical (unpaired) electrons. The zero-order chi connectivity index (χ0) is 27.3. The number of hydrogen-bond donors (Lipinski definition) is 5. The van der Waals surface area contributed by atoms with Crippen LogP contribution in [-0.4, -0.2) is 129 Å². The summed E-state index contributed by atoms with van der Waals surface area (Å²) in [5.74, 6) is -2.68. The largest absolute Gasteiger partial charge is 0.481 e. The second-order valence-corrected chi connectivity index (χ2v) is 10.5. The third-order valence-electron chi connectivity index (χ3n) is 5.28. The van der Waals surface area contributed by atoms with E-state index >= 15 is 0 Å². The van der Waals surface area contributed by atoms with Gasteiger partial charge in [-0.05, 0) is 20.8 Å². The van der Waals surface area contributed by atoms with Gasteiger partial charge in [0.15, 0.2) is 0 Å². The summed E-state index contributed by atoms with van der Waals surface area (Å²) >= 11 is 0. The fourth-order valence-electron chi connectivity index (χ4n) is 2.88. The van der Waals surface area contributed by atoms with Crippen molar-refractivity contribution in [2.75, 3.05) is 58.9 Å². The Morgan fingerprint density at radius 2 is 0.886 bits per heavy atom. The van der Waals surface area contributed by atoms with Crippen LogP contribution in [0.25, 0.3) is 0 Å². The number of aliphatic hydroxyl groups excluding tert-OH is 1. The summed E-state index contributed by atoms with van der Waals surface area (Å²) in [5.41, 5.74) is -0.728. The van der Waals surface area contributed by atoms with Crippen molar-refractivity contribution in [3.05, 3.63) is 0 Å². The predicted molar refractivity (Wildman–Crippen MR) is 132 cm³/mol. The first kappa shape index (κ1) is 33.2. The molecular weight excluding hydrogens is 458 g/mol. The molecule has 35 heavy (non-hydrogen) atoms. The molecule has 3 aliphatic heterocycles. The first-order chi connectivity index (χ1) is 16.0. The van der Waals surface area contributed by atoms with Crippen LogP contribution in [0, 0.1) is 17.8 Å². The lowest BCUT2D eigenvalue weighted by Gasteiger charge is -2.17. The molecule has 3 fully saturated rings. The Morgan fingerprint density at radius 1 is 0.657 bits per heavy atom. The lowest BCUT2D eigenvalue weighted by molar-refractivity contribution is -0.142. The van der Waals surface area contributed by atoms with Crippen LogP contribution in [0.3, 0.4) is 0 Å². The maximum Gasteiger partial charge on any atom is 0.307 e. The lowest BCUT2D eigenvalue weighted by atomic mass is 10.0. The van der Waals surface area contributed by atoms with Crippen molar-refractivity contribution in [1.82, 2.24) is 14.7 Å². The minimum atomic E-state index is -0.728. The van der Waals surface area contributed by atoms with Crippen LogP contribution in [0.5, 0.6) is 0 Å². The van der Waals surface area contributed by atoms with Crippen molar-refractivity contribution in [3.63, 3.8) is 0 Å². The van der Waals surface area contributed by atoms with E-state index in [1.54, 1.807) is 41.5 Å². The Labute approximate surface area is 209 Å². The van der Waals surface area contributed by atoms with E-state index in [4.69, 9.17) is 25.5 Å². The Kier molecular flexibility index (Phi) is 15.2. The van der Waals surface area contributed by atoms with Gasteiger partial charge in [0.1, 0.15) is 0 Å². The Balaban J connectivity index is 0.000000441. The Bertz CT molecular complexity index is 570. The second-order valence-electron chi connectivity index (χ2n) is 10.5. The molecular formula is C24H47N3O8. The second kappa shape index (κ2) is 16.1. The Hall–Kier alpha value is -1.79. The van der Waals surface area contributed by atoms with E-state index in [-0.39, 0.29) is 17.8 Å². The van der Waals surface area contributed by atoms with Gasteiger partial charge in [-0.25, -0.2) is 0 Å². The number of rotatable bonds is 11. The molecule has 0 spiro atoms. The van der Waals surface area contributed by atoms with Crippen molar-refractivity contribution < 1.29 is 39.9 Å². The van der Waals surface area contributed by atoms with Crippen molar-refractivity contribution >= 4 is 17.9 Å². The van der Waals surface area contributed by atoms with Gasteiger partial charge in [-0.15, -0.1) is 0 Å². The molecule has 4 atom stereocenters. The van der Waals surface area contributed by atoms with Gasteiger partial charge in [-0.1, -0.05) is 20.8 Å². The molecule has 3 rings (SSSR count). The van der Waals surface area contributed by atoms with Crippen LogP contribution in [0.1, 0.15) is 48.0 Å². The maximum atomic E-state index is 10.2. The number of carboxylic acids is 3. The molecule has 0 aromatic carbocycles. The monoisotopic (exact) mass is 505 g/mol. The van der Waals surface area contributed by atoms with Gasteiger partial charge in [0.2, 0.25) is 0 Å². The molecule has 3 heterocycles. The summed E-state index contributed by atoms with van der Waals surface area (Å²) in [6, 6.07) is 0. The highest BCUT2D eigenvalue weighted by Crippen LogP contribution is 2.10. The fraction of sp³-hybridized carbons (Fsp3) is 0.875. The summed E-state index contributed by atoms with van der Waals surface area (Å²) < 4.78 is 0. The molecule has 11 nitrogen and oxygen atoms in total. The number of aliphatic carboxylic acids is 3. The number of carbonyl (C=O) groups is 3. The van der Waals surface area contributed by atoms with Crippen molar-refractivity contribution in [2.24, 2.45) is 17.8 Å². The minimum Gasteiger partial charge on any atom is -0.481 e. The van der Waals surface area contributed by atoms with Gasteiger partial charge in [0, 0.05) is 65.3 Å². The quantitative estimate of drug-likeness (QED) is 0.250. The van der Waals surface area contributed by atoms with Crippen molar-refractivity contribution in [3.8, 4) is 0 Å². The molecule has 0 saturated carbocycles. The predicted octanol–water partition coefficient (Wildman–Crippen LogP) is 0.596. The van der Waals surface area contributed by atoms with Crippen molar-refractivity contribution in [1.29, 1.82) is 0 Å². The fourth-order valence-corrected chi connectivity index (χ4v) is 2.88. The van der Waals surface area contributed by atoms with Crippen LogP contribution in [0.4, 0.5) is 0 Å². The van der Waals surface area contributed by atoms with Crippen LogP contribution in [0.15, 0.2) is 0 Å². The highest BCUT2D eigenvalue weighted by Gasteiger charge is 2.24. The van der Waals surface area contributed by atoms with Gasteiger partial charge in [0.05, 0.1) is 29.5 Å².